The molecule has 0 saturated carbocycles. The minimum absolute atomic E-state index is 0.0889. The van der Waals surface area contributed by atoms with Crippen molar-refractivity contribution in [2.75, 3.05) is 13.1 Å². The third-order valence-corrected chi connectivity index (χ3v) is 3.03. The van der Waals surface area contributed by atoms with Crippen LogP contribution in [-0.4, -0.2) is 30.3 Å². The summed E-state index contributed by atoms with van der Waals surface area (Å²) >= 11 is 0. The Bertz CT molecular complexity index is 253. The molecule has 1 heterocycles. The van der Waals surface area contributed by atoms with Crippen LogP contribution in [0.2, 0.25) is 0 Å². The Morgan fingerprint density at radius 2 is 2.18 bits per heavy atom. The van der Waals surface area contributed by atoms with Gasteiger partial charge in [-0.3, -0.25) is 0 Å². The molecule has 1 aliphatic heterocycles. The van der Waals surface area contributed by atoms with E-state index in [9.17, 15) is 4.79 Å². The zero-order chi connectivity index (χ0) is 12.9. The molecule has 2 N–H and O–H groups in total. The average Bonchev–Trinajstić information content (AvgIpc) is 2.62. The minimum Gasteiger partial charge on any atom is -0.444 e. The maximum absolute atomic E-state index is 11.6. The first-order chi connectivity index (χ1) is 7.87. The molecule has 0 aromatic carbocycles. The standard InChI is InChI=1S/C13H26N2O2/c1-5-7-13(8-6-9-15-13)10-14-11(16)17-12(2,3)4/h15H,5-10H2,1-4H3,(H,14,16). The summed E-state index contributed by atoms with van der Waals surface area (Å²) in [4.78, 5) is 11.6. The van der Waals surface area contributed by atoms with Crippen molar-refractivity contribution in [3.05, 3.63) is 0 Å². The zero-order valence-corrected chi connectivity index (χ0v) is 11.6. The predicted octanol–water partition coefficient (Wildman–Crippen LogP) is 2.43. The van der Waals surface area contributed by atoms with E-state index >= 15 is 0 Å². The molecule has 0 bridgehead atoms. The van der Waals surface area contributed by atoms with Gasteiger partial charge in [0, 0.05) is 12.1 Å². The highest BCUT2D eigenvalue weighted by Crippen LogP contribution is 2.23. The van der Waals surface area contributed by atoms with E-state index in [0.29, 0.717) is 6.54 Å². The van der Waals surface area contributed by atoms with Gasteiger partial charge < -0.3 is 15.4 Å². The van der Waals surface area contributed by atoms with Crippen LogP contribution in [0.15, 0.2) is 0 Å². The summed E-state index contributed by atoms with van der Waals surface area (Å²) in [6, 6.07) is 0. The van der Waals surface area contributed by atoms with Crippen molar-refractivity contribution in [1.82, 2.24) is 10.6 Å². The molecule has 0 aromatic heterocycles. The number of amides is 1. The van der Waals surface area contributed by atoms with Gasteiger partial charge in [-0.25, -0.2) is 4.79 Å². The highest BCUT2D eigenvalue weighted by molar-refractivity contribution is 5.67. The predicted molar refractivity (Wildman–Crippen MR) is 69.1 cm³/mol. The molecular formula is C13H26N2O2. The van der Waals surface area contributed by atoms with Crippen LogP contribution in [0.25, 0.3) is 0 Å². The Morgan fingerprint density at radius 1 is 1.47 bits per heavy atom. The molecule has 1 atom stereocenters. The lowest BCUT2D eigenvalue weighted by Crippen LogP contribution is -2.50. The van der Waals surface area contributed by atoms with Crippen molar-refractivity contribution in [3.8, 4) is 0 Å². The van der Waals surface area contributed by atoms with Crippen LogP contribution >= 0.6 is 0 Å². The van der Waals surface area contributed by atoms with E-state index in [0.717, 1.165) is 25.8 Å². The molecule has 1 rings (SSSR count). The van der Waals surface area contributed by atoms with Crippen LogP contribution < -0.4 is 10.6 Å². The molecule has 4 heteroatoms. The number of carbonyl (C=O) groups is 1. The van der Waals surface area contributed by atoms with Gasteiger partial charge in [0.25, 0.3) is 0 Å². The van der Waals surface area contributed by atoms with Crippen molar-refractivity contribution in [2.24, 2.45) is 0 Å². The minimum atomic E-state index is -0.425. The Morgan fingerprint density at radius 3 is 2.65 bits per heavy atom. The summed E-state index contributed by atoms with van der Waals surface area (Å²) in [6.45, 7) is 9.52. The fraction of sp³-hybridized carbons (Fsp3) is 0.923. The Labute approximate surface area is 104 Å². The molecule has 0 radical (unpaired) electrons. The molecule has 4 nitrogen and oxygen atoms in total. The lowest BCUT2D eigenvalue weighted by atomic mass is 9.92. The summed E-state index contributed by atoms with van der Waals surface area (Å²) in [7, 11) is 0. The maximum Gasteiger partial charge on any atom is 0.407 e. The number of hydrogen-bond acceptors (Lipinski definition) is 3. The van der Waals surface area contributed by atoms with Crippen LogP contribution in [-0.2, 0) is 4.74 Å². The SMILES string of the molecule is CCCC1(CNC(=O)OC(C)(C)C)CCCN1. The third kappa shape index (κ3) is 4.94. The number of ether oxygens (including phenoxy) is 1. The normalized spacial score (nSPS) is 24.7. The van der Waals surface area contributed by atoms with E-state index in [-0.39, 0.29) is 11.6 Å². The first-order valence-electron chi connectivity index (χ1n) is 6.59. The van der Waals surface area contributed by atoms with Crippen LogP contribution in [0, 0.1) is 0 Å². The fourth-order valence-electron chi connectivity index (χ4n) is 2.36. The van der Waals surface area contributed by atoms with E-state index in [4.69, 9.17) is 4.74 Å². The van der Waals surface area contributed by atoms with E-state index in [2.05, 4.69) is 17.6 Å². The number of rotatable bonds is 4. The summed E-state index contributed by atoms with van der Waals surface area (Å²) in [6.07, 6.45) is 4.24. The zero-order valence-electron chi connectivity index (χ0n) is 11.6. The van der Waals surface area contributed by atoms with Crippen molar-refractivity contribution >= 4 is 6.09 Å². The second kappa shape index (κ2) is 5.71. The van der Waals surface area contributed by atoms with Crippen LogP contribution in [0.4, 0.5) is 4.79 Å². The molecule has 1 aliphatic rings. The second-order valence-electron chi connectivity index (χ2n) is 5.92. The van der Waals surface area contributed by atoms with Crippen molar-refractivity contribution < 1.29 is 9.53 Å². The van der Waals surface area contributed by atoms with Gasteiger partial charge in [-0.05, 0) is 46.6 Å². The largest absolute Gasteiger partial charge is 0.444 e. The van der Waals surface area contributed by atoms with Gasteiger partial charge in [0.05, 0.1) is 0 Å². The Hall–Kier alpha value is -0.770. The van der Waals surface area contributed by atoms with Crippen LogP contribution in [0.3, 0.4) is 0 Å². The molecule has 0 spiro atoms. The van der Waals surface area contributed by atoms with Gasteiger partial charge in [0.15, 0.2) is 0 Å². The molecule has 1 amide bonds. The Balaban J connectivity index is 2.39. The van der Waals surface area contributed by atoms with Crippen LogP contribution in [0.1, 0.15) is 53.4 Å². The molecule has 1 fully saturated rings. The second-order valence-corrected chi connectivity index (χ2v) is 5.92. The maximum atomic E-state index is 11.6. The molecule has 17 heavy (non-hydrogen) atoms. The molecule has 0 aromatic rings. The molecule has 1 saturated heterocycles. The smallest absolute Gasteiger partial charge is 0.407 e. The number of hydrogen-bond donors (Lipinski definition) is 2. The van der Waals surface area contributed by atoms with Crippen molar-refractivity contribution in [2.45, 2.75) is 64.5 Å². The van der Waals surface area contributed by atoms with Gasteiger partial charge in [-0.2, -0.15) is 0 Å². The first kappa shape index (κ1) is 14.3. The van der Waals surface area contributed by atoms with E-state index in [1.165, 1.54) is 6.42 Å². The monoisotopic (exact) mass is 242 g/mol. The van der Waals surface area contributed by atoms with Crippen LogP contribution in [0.5, 0.6) is 0 Å². The molecule has 100 valence electrons. The highest BCUT2D eigenvalue weighted by atomic mass is 16.6. The van der Waals surface area contributed by atoms with E-state index < -0.39 is 5.60 Å². The van der Waals surface area contributed by atoms with Gasteiger partial charge in [-0.1, -0.05) is 13.3 Å². The molecule has 1 unspecified atom stereocenters. The topological polar surface area (TPSA) is 50.4 Å². The van der Waals surface area contributed by atoms with E-state index in [1.54, 1.807) is 0 Å². The summed E-state index contributed by atoms with van der Waals surface area (Å²) in [5, 5.41) is 6.40. The van der Waals surface area contributed by atoms with Crippen molar-refractivity contribution in [3.63, 3.8) is 0 Å². The molecule has 0 aliphatic carbocycles. The number of alkyl carbamates (subject to hydrolysis) is 1. The highest BCUT2D eigenvalue weighted by Gasteiger charge is 2.33. The lowest BCUT2D eigenvalue weighted by molar-refractivity contribution is 0.0510. The summed E-state index contributed by atoms with van der Waals surface area (Å²) in [5.41, 5.74) is -0.337. The van der Waals surface area contributed by atoms with E-state index in [1.807, 2.05) is 20.8 Å². The quantitative estimate of drug-likeness (QED) is 0.796. The number of carbonyl (C=O) groups excluding carboxylic acids is 1. The van der Waals surface area contributed by atoms with Gasteiger partial charge in [0.2, 0.25) is 0 Å². The van der Waals surface area contributed by atoms with Gasteiger partial charge in [0.1, 0.15) is 5.60 Å². The first-order valence-corrected chi connectivity index (χ1v) is 6.59. The number of nitrogens with one attached hydrogen (secondary N) is 2. The summed E-state index contributed by atoms with van der Waals surface area (Å²) in [5.74, 6) is 0. The average molecular weight is 242 g/mol. The van der Waals surface area contributed by atoms with Gasteiger partial charge >= 0.3 is 6.09 Å². The molecular weight excluding hydrogens is 216 g/mol. The van der Waals surface area contributed by atoms with Crippen molar-refractivity contribution in [1.29, 1.82) is 0 Å². The Kier molecular flexibility index (Phi) is 4.80. The third-order valence-electron chi connectivity index (χ3n) is 3.03. The fourth-order valence-corrected chi connectivity index (χ4v) is 2.36. The lowest BCUT2D eigenvalue weighted by Gasteiger charge is -2.30. The van der Waals surface area contributed by atoms with Gasteiger partial charge in [-0.15, -0.1) is 0 Å². The summed E-state index contributed by atoms with van der Waals surface area (Å²) < 4.78 is 5.24.